The Morgan fingerprint density at radius 3 is 2.77 bits per heavy atom. The minimum absolute atomic E-state index is 0.153. The number of hydrogen-bond acceptors (Lipinski definition) is 2. The van der Waals surface area contributed by atoms with Crippen LogP contribution in [-0.2, 0) is 17.6 Å². The first-order valence-corrected chi connectivity index (χ1v) is 4.39. The van der Waals surface area contributed by atoms with E-state index in [2.05, 4.69) is 4.98 Å². The SMILES string of the molecule is CCc1cccc(CCC(=O)O)n1. The van der Waals surface area contributed by atoms with Crippen molar-refractivity contribution < 1.29 is 9.90 Å². The van der Waals surface area contributed by atoms with Gasteiger partial charge in [0.25, 0.3) is 0 Å². The molecule has 3 nitrogen and oxygen atoms in total. The molecule has 0 aromatic carbocycles. The predicted molar refractivity (Wildman–Crippen MR) is 49.6 cm³/mol. The van der Waals surface area contributed by atoms with Crippen LogP contribution in [0.1, 0.15) is 24.7 Å². The Balaban J connectivity index is 2.61. The van der Waals surface area contributed by atoms with E-state index in [4.69, 9.17) is 5.11 Å². The van der Waals surface area contributed by atoms with Gasteiger partial charge in [0, 0.05) is 17.8 Å². The van der Waals surface area contributed by atoms with Gasteiger partial charge in [-0.25, -0.2) is 0 Å². The fourth-order valence-corrected chi connectivity index (χ4v) is 1.10. The fourth-order valence-electron chi connectivity index (χ4n) is 1.10. The Bertz CT molecular complexity index is 297. The van der Waals surface area contributed by atoms with Gasteiger partial charge >= 0.3 is 5.97 Å². The van der Waals surface area contributed by atoms with Crippen molar-refractivity contribution in [2.75, 3.05) is 0 Å². The van der Waals surface area contributed by atoms with Crippen LogP contribution in [0.4, 0.5) is 0 Å². The second-order valence-corrected chi connectivity index (χ2v) is 2.87. The van der Waals surface area contributed by atoms with Crippen LogP contribution in [-0.4, -0.2) is 16.1 Å². The molecule has 70 valence electrons. The largest absolute Gasteiger partial charge is 0.481 e. The number of carbonyl (C=O) groups is 1. The fraction of sp³-hybridized carbons (Fsp3) is 0.400. The lowest BCUT2D eigenvalue weighted by atomic mass is 10.2. The molecule has 0 atom stereocenters. The summed E-state index contributed by atoms with van der Waals surface area (Å²) in [6.45, 7) is 2.03. The number of nitrogens with zero attached hydrogens (tertiary/aromatic N) is 1. The lowest BCUT2D eigenvalue weighted by Gasteiger charge is -2.00. The Labute approximate surface area is 77.4 Å². The molecule has 0 spiro atoms. The van der Waals surface area contributed by atoms with Crippen molar-refractivity contribution in [1.82, 2.24) is 4.98 Å². The molecule has 13 heavy (non-hydrogen) atoms. The van der Waals surface area contributed by atoms with Crippen molar-refractivity contribution in [3.05, 3.63) is 29.6 Å². The normalized spacial score (nSPS) is 9.92. The number of aromatic nitrogens is 1. The highest BCUT2D eigenvalue weighted by atomic mass is 16.4. The number of carboxylic acid groups (broad SMARTS) is 1. The average molecular weight is 179 g/mol. The smallest absolute Gasteiger partial charge is 0.303 e. The molecule has 0 bridgehead atoms. The summed E-state index contributed by atoms with van der Waals surface area (Å²) in [5.41, 5.74) is 1.88. The van der Waals surface area contributed by atoms with Crippen molar-refractivity contribution in [3.63, 3.8) is 0 Å². The minimum Gasteiger partial charge on any atom is -0.481 e. The van der Waals surface area contributed by atoms with E-state index >= 15 is 0 Å². The number of aliphatic carboxylic acids is 1. The zero-order chi connectivity index (χ0) is 9.68. The predicted octanol–water partition coefficient (Wildman–Crippen LogP) is 1.66. The van der Waals surface area contributed by atoms with Gasteiger partial charge in [0.15, 0.2) is 0 Å². The summed E-state index contributed by atoms with van der Waals surface area (Å²) in [7, 11) is 0. The molecule has 1 heterocycles. The summed E-state index contributed by atoms with van der Waals surface area (Å²) in [5.74, 6) is -0.774. The molecular formula is C10H13NO2. The number of carboxylic acids is 1. The third-order valence-corrected chi connectivity index (χ3v) is 1.82. The van der Waals surface area contributed by atoms with E-state index in [-0.39, 0.29) is 6.42 Å². The van der Waals surface area contributed by atoms with E-state index in [1.165, 1.54) is 0 Å². The molecule has 1 N–H and O–H groups in total. The van der Waals surface area contributed by atoms with Gasteiger partial charge in [0.1, 0.15) is 0 Å². The monoisotopic (exact) mass is 179 g/mol. The van der Waals surface area contributed by atoms with Crippen LogP contribution in [0.2, 0.25) is 0 Å². The van der Waals surface area contributed by atoms with Gasteiger partial charge < -0.3 is 5.11 Å². The quantitative estimate of drug-likeness (QED) is 0.764. The van der Waals surface area contributed by atoms with Crippen LogP contribution in [0.3, 0.4) is 0 Å². The molecule has 0 saturated heterocycles. The topological polar surface area (TPSA) is 50.2 Å². The average Bonchev–Trinajstić information content (AvgIpc) is 2.15. The molecule has 0 amide bonds. The lowest BCUT2D eigenvalue weighted by molar-refractivity contribution is -0.136. The Hall–Kier alpha value is -1.38. The Morgan fingerprint density at radius 1 is 1.46 bits per heavy atom. The maximum absolute atomic E-state index is 10.3. The summed E-state index contributed by atoms with van der Waals surface area (Å²) >= 11 is 0. The standard InChI is InChI=1S/C10H13NO2/c1-2-8-4-3-5-9(11-8)6-7-10(12)13/h3-5H,2,6-7H2,1H3,(H,12,13). The minimum atomic E-state index is -0.774. The van der Waals surface area contributed by atoms with Crippen LogP contribution >= 0.6 is 0 Å². The van der Waals surface area contributed by atoms with E-state index in [1.807, 2.05) is 25.1 Å². The van der Waals surface area contributed by atoms with Crippen LogP contribution < -0.4 is 0 Å². The van der Waals surface area contributed by atoms with E-state index in [0.717, 1.165) is 17.8 Å². The van der Waals surface area contributed by atoms with Crippen LogP contribution in [0.25, 0.3) is 0 Å². The van der Waals surface area contributed by atoms with Crippen molar-refractivity contribution in [2.24, 2.45) is 0 Å². The summed E-state index contributed by atoms with van der Waals surface area (Å²) < 4.78 is 0. The van der Waals surface area contributed by atoms with Gasteiger partial charge in [-0.2, -0.15) is 0 Å². The second-order valence-electron chi connectivity index (χ2n) is 2.87. The van der Waals surface area contributed by atoms with Crippen LogP contribution in [0.5, 0.6) is 0 Å². The van der Waals surface area contributed by atoms with E-state index < -0.39 is 5.97 Å². The molecule has 0 aliphatic carbocycles. The van der Waals surface area contributed by atoms with E-state index in [0.29, 0.717) is 6.42 Å². The number of pyridine rings is 1. The number of rotatable bonds is 4. The summed E-state index contributed by atoms with van der Waals surface area (Å²) in [5, 5.41) is 8.47. The van der Waals surface area contributed by atoms with Crippen molar-refractivity contribution in [2.45, 2.75) is 26.2 Å². The maximum atomic E-state index is 10.3. The van der Waals surface area contributed by atoms with Crippen LogP contribution in [0.15, 0.2) is 18.2 Å². The van der Waals surface area contributed by atoms with Crippen LogP contribution in [0, 0.1) is 0 Å². The van der Waals surface area contributed by atoms with Gasteiger partial charge in [0.05, 0.1) is 6.42 Å². The summed E-state index contributed by atoms with van der Waals surface area (Å²) in [6, 6.07) is 5.73. The highest BCUT2D eigenvalue weighted by molar-refractivity contribution is 5.66. The van der Waals surface area contributed by atoms with Gasteiger partial charge in [-0.15, -0.1) is 0 Å². The first kappa shape index (κ1) is 9.71. The molecule has 0 aliphatic heterocycles. The second kappa shape index (κ2) is 4.60. The molecule has 0 saturated carbocycles. The molecule has 1 aromatic heterocycles. The first-order valence-electron chi connectivity index (χ1n) is 4.39. The zero-order valence-electron chi connectivity index (χ0n) is 7.66. The number of aryl methyl sites for hydroxylation is 2. The molecule has 0 fully saturated rings. The van der Waals surface area contributed by atoms with Crippen molar-refractivity contribution >= 4 is 5.97 Å². The molecule has 0 aliphatic rings. The summed E-state index contributed by atoms with van der Waals surface area (Å²) in [4.78, 5) is 14.6. The van der Waals surface area contributed by atoms with Gasteiger partial charge in [-0.05, 0) is 18.6 Å². The van der Waals surface area contributed by atoms with Gasteiger partial charge in [0.2, 0.25) is 0 Å². The first-order chi connectivity index (χ1) is 6.22. The van der Waals surface area contributed by atoms with Crippen molar-refractivity contribution in [1.29, 1.82) is 0 Å². The zero-order valence-corrected chi connectivity index (χ0v) is 7.66. The van der Waals surface area contributed by atoms with Gasteiger partial charge in [-0.3, -0.25) is 9.78 Å². The van der Waals surface area contributed by atoms with E-state index in [9.17, 15) is 4.79 Å². The molecule has 3 heteroatoms. The third kappa shape index (κ3) is 3.23. The number of hydrogen-bond donors (Lipinski definition) is 1. The molecular weight excluding hydrogens is 166 g/mol. The van der Waals surface area contributed by atoms with Crippen molar-refractivity contribution in [3.8, 4) is 0 Å². The Morgan fingerprint density at radius 2 is 2.15 bits per heavy atom. The third-order valence-electron chi connectivity index (χ3n) is 1.82. The lowest BCUT2D eigenvalue weighted by Crippen LogP contribution is -2.00. The highest BCUT2D eigenvalue weighted by Crippen LogP contribution is 2.02. The molecule has 1 aromatic rings. The maximum Gasteiger partial charge on any atom is 0.303 e. The highest BCUT2D eigenvalue weighted by Gasteiger charge is 2.00. The van der Waals surface area contributed by atoms with E-state index in [1.54, 1.807) is 0 Å². The molecule has 1 rings (SSSR count). The summed E-state index contributed by atoms with van der Waals surface area (Å²) in [6.07, 6.45) is 1.56. The molecule has 0 unspecified atom stereocenters. The Kier molecular flexibility index (Phi) is 3.43. The molecule has 0 radical (unpaired) electrons. The van der Waals surface area contributed by atoms with Gasteiger partial charge in [-0.1, -0.05) is 13.0 Å².